The Morgan fingerprint density at radius 3 is 2.59 bits per heavy atom. The third-order valence-electron chi connectivity index (χ3n) is 6.46. The molecule has 4 rings (SSSR count). The fourth-order valence-electron chi connectivity index (χ4n) is 4.91. The Hall–Kier alpha value is -2.04. The molecule has 2 saturated heterocycles. The van der Waals surface area contributed by atoms with Gasteiger partial charge in [-0.15, -0.1) is 0 Å². The zero-order valence-electron chi connectivity index (χ0n) is 16.2. The van der Waals surface area contributed by atoms with Crippen molar-refractivity contribution in [1.82, 2.24) is 15.1 Å². The van der Waals surface area contributed by atoms with Crippen LogP contribution < -0.4 is 5.32 Å². The first-order chi connectivity index (χ1) is 13.2. The molecule has 1 aromatic carbocycles. The Morgan fingerprint density at radius 2 is 1.74 bits per heavy atom. The molecule has 2 aliphatic heterocycles. The van der Waals surface area contributed by atoms with E-state index >= 15 is 0 Å². The van der Waals surface area contributed by atoms with E-state index in [-0.39, 0.29) is 17.9 Å². The first-order valence-electron chi connectivity index (χ1n) is 10.6. The molecule has 0 saturated carbocycles. The van der Waals surface area contributed by atoms with E-state index in [1.54, 1.807) is 0 Å². The average Bonchev–Trinajstić information content (AvgIpc) is 3.26. The van der Waals surface area contributed by atoms with Crippen LogP contribution in [-0.4, -0.2) is 54.5 Å². The lowest BCUT2D eigenvalue weighted by atomic mass is 9.83. The predicted octanol–water partition coefficient (Wildman–Crippen LogP) is 3.15. The van der Waals surface area contributed by atoms with Gasteiger partial charge in [0, 0.05) is 38.6 Å². The van der Waals surface area contributed by atoms with Crippen LogP contribution in [0, 0.1) is 5.92 Å². The van der Waals surface area contributed by atoms with Gasteiger partial charge in [0.2, 0.25) is 5.91 Å². The number of urea groups is 1. The van der Waals surface area contributed by atoms with Crippen LogP contribution in [0.3, 0.4) is 0 Å². The number of nitrogens with zero attached hydrogens (tertiary/aromatic N) is 2. The lowest BCUT2D eigenvalue weighted by Crippen LogP contribution is -2.50. The lowest BCUT2D eigenvalue weighted by molar-refractivity contribution is -0.126. The molecule has 2 heterocycles. The van der Waals surface area contributed by atoms with E-state index in [1.165, 1.54) is 17.5 Å². The number of aryl methyl sites for hydroxylation is 1. The van der Waals surface area contributed by atoms with Gasteiger partial charge in [-0.3, -0.25) is 4.79 Å². The Bertz CT molecular complexity index is 684. The second-order valence-electron chi connectivity index (χ2n) is 8.30. The first kappa shape index (κ1) is 18.3. The molecule has 0 unspecified atom stereocenters. The van der Waals surface area contributed by atoms with Crippen LogP contribution in [0.15, 0.2) is 24.3 Å². The van der Waals surface area contributed by atoms with Crippen LogP contribution in [0.4, 0.5) is 4.79 Å². The van der Waals surface area contributed by atoms with E-state index in [4.69, 9.17) is 0 Å². The van der Waals surface area contributed by atoms with E-state index in [0.29, 0.717) is 19.0 Å². The minimum Gasteiger partial charge on any atom is -0.355 e. The van der Waals surface area contributed by atoms with Crippen LogP contribution in [0.1, 0.15) is 55.6 Å². The van der Waals surface area contributed by atoms with Crippen molar-refractivity contribution in [1.29, 1.82) is 0 Å². The minimum atomic E-state index is -0.0656. The SMILES string of the molecule is O=C(NC[C@@H]1CCCc2ccccc21)[C@H]1CCCN(C(=O)N2CCCC2)C1. The number of piperidine rings is 1. The van der Waals surface area contributed by atoms with Crippen LogP contribution in [-0.2, 0) is 11.2 Å². The highest BCUT2D eigenvalue weighted by Crippen LogP contribution is 2.31. The monoisotopic (exact) mass is 369 g/mol. The molecule has 0 spiro atoms. The molecule has 5 heteroatoms. The van der Waals surface area contributed by atoms with Crippen LogP contribution >= 0.6 is 0 Å². The van der Waals surface area contributed by atoms with E-state index in [9.17, 15) is 9.59 Å². The van der Waals surface area contributed by atoms with Gasteiger partial charge in [-0.05, 0) is 56.1 Å². The maximum Gasteiger partial charge on any atom is 0.320 e. The third-order valence-corrected chi connectivity index (χ3v) is 6.46. The Labute approximate surface area is 162 Å². The summed E-state index contributed by atoms with van der Waals surface area (Å²) in [4.78, 5) is 29.3. The van der Waals surface area contributed by atoms with E-state index < -0.39 is 0 Å². The summed E-state index contributed by atoms with van der Waals surface area (Å²) < 4.78 is 0. The van der Waals surface area contributed by atoms with Gasteiger partial charge in [-0.2, -0.15) is 0 Å². The highest BCUT2D eigenvalue weighted by atomic mass is 16.2. The molecule has 2 atom stereocenters. The largest absolute Gasteiger partial charge is 0.355 e. The topological polar surface area (TPSA) is 52.7 Å². The molecule has 2 fully saturated rings. The fraction of sp³-hybridized carbons (Fsp3) is 0.636. The van der Waals surface area contributed by atoms with Gasteiger partial charge < -0.3 is 15.1 Å². The maximum absolute atomic E-state index is 12.8. The summed E-state index contributed by atoms with van der Waals surface area (Å²) in [5.74, 6) is 0.478. The average molecular weight is 370 g/mol. The first-order valence-corrected chi connectivity index (χ1v) is 10.6. The molecule has 1 N–H and O–H groups in total. The standard InChI is InChI=1S/C22H31N3O2/c26-21(23-15-18-9-5-8-17-7-1-2-11-20(17)18)19-10-6-14-25(16-19)22(27)24-12-3-4-13-24/h1-2,7,11,18-19H,3-6,8-10,12-16H2,(H,23,26)/t18-,19-/m0/s1. The number of carbonyl (C=O) groups is 2. The van der Waals surface area contributed by atoms with Crippen molar-refractivity contribution in [3.63, 3.8) is 0 Å². The molecule has 3 aliphatic rings. The number of hydrogen-bond acceptors (Lipinski definition) is 2. The van der Waals surface area contributed by atoms with Crippen LogP contribution in [0.25, 0.3) is 0 Å². The molecule has 146 valence electrons. The Kier molecular flexibility index (Phi) is 5.65. The van der Waals surface area contributed by atoms with Gasteiger partial charge in [0.25, 0.3) is 0 Å². The normalized spacial score (nSPS) is 25.2. The third kappa shape index (κ3) is 4.12. The van der Waals surface area contributed by atoms with Crippen molar-refractivity contribution in [2.24, 2.45) is 5.92 Å². The van der Waals surface area contributed by atoms with Gasteiger partial charge in [-0.25, -0.2) is 4.79 Å². The lowest BCUT2D eigenvalue weighted by Gasteiger charge is -2.35. The molecule has 1 aromatic rings. The molecular weight excluding hydrogens is 338 g/mol. The zero-order valence-corrected chi connectivity index (χ0v) is 16.2. The number of likely N-dealkylation sites (tertiary alicyclic amines) is 2. The van der Waals surface area contributed by atoms with Gasteiger partial charge in [0.1, 0.15) is 0 Å². The van der Waals surface area contributed by atoms with E-state index in [0.717, 1.165) is 58.2 Å². The van der Waals surface area contributed by atoms with Crippen molar-refractivity contribution < 1.29 is 9.59 Å². The summed E-state index contributed by atoms with van der Waals surface area (Å²) in [6, 6.07) is 8.76. The van der Waals surface area contributed by atoms with Gasteiger partial charge in [0.15, 0.2) is 0 Å². The fourth-order valence-corrected chi connectivity index (χ4v) is 4.91. The zero-order chi connectivity index (χ0) is 18.6. The van der Waals surface area contributed by atoms with E-state index in [1.807, 2.05) is 9.80 Å². The van der Waals surface area contributed by atoms with Gasteiger partial charge in [0.05, 0.1) is 5.92 Å². The highest BCUT2D eigenvalue weighted by molar-refractivity contribution is 5.81. The van der Waals surface area contributed by atoms with Gasteiger partial charge in [-0.1, -0.05) is 24.3 Å². The number of fused-ring (bicyclic) bond motifs is 1. The number of hydrogen-bond donors (Lipinski definition) is 1. The summed E-state index contributed by atoms with van der Waals surface area (Å²) in [6.07, 6.45) is 7.50. The maximum atomic E-state index is 12.8. The summed E-state index contributed by atoms with van der Waals surface area (Å²) in [6.45, 7) is 3.81. The van der Waals surface area contributed by atoms with Crippen LogP contribution in [0.5, 0.6) is 0 Å². The molecule has 3 amide bonds. The highest BCUT2D eigenvalue weighted by Gasteiger charge is 2.32. The van der Waals surface area contributed by atoms with Crippen molar-refractivity contribution in [2.75, 3.05) is 32.7 Å². The number of benzene rings is 1. The Morgan fingerprint density at radius 1 is 0.963 bits per heavy atom. The summed E-state index contributed by atoms with van der Waals surface area (Å²) in [5, 5.41) is 3.20. The van der Waals surface area contributed by atoms with Crippen molar-refractivity contribution in [2.45, 2.75) is 50.9 Å². The van der Waals surface area contributed by atoms with E-state index in [2.05, 4.69) is 29.6 Å². The van der Waals surface area contributed by atoms with Crippen molar-refractivity contribution >= 4 is 11.9 Å². The predicted molar refractivity (Wildman–Crippen MR) is 106 cm³/mol. The molecule has 0 radical (unpaired) electrons. The second-order valence-corrected chi connectivity index (χ2v) is 8.30. The quantitative estimate of drug-likeness (QED) is 0.890. The number of carbonyl (C=O) groups excluding carboxylic acids is 2. The van der Waals surface area contributed by atoms with Crippen LogP contribution in [0.2, 0.25) is 0 Å². The Balaban J connectivity index is 1.31. The van der Waals surface area contributed by atoms with Crippen molar-refractivity contribution in [3.8, 4) is 0 Å². The second kappa shape index (κ2) is 8.32. The molecule has 27 heavy (non-hydrogen) atoms. The summed E-state index contributed by atoms with van der Waals surface area (Å²) in [7, 11) is 0. The molecule has 1 aliphatic carbocycles. The molecule has 0 aromatic heterocycles. The number of rotatable bonds is 3. The van der Waals surface area contributed by atoms with Gasteiger partial charge >= 0.3 is 6.03 Å². The number of amides is 3. The smallest absolute Gasteiger partial charge is 0.320 e. The molecule has 5 nitrogen and oxygen atoms in total. The summed E-state index contributed by atoms with van der Waals surface area (Å²) in [5.41, 5.74) is 2.83. The molecule has 0 bridgehead atoms. The summed E-state index contributed by atoms with van der Waals surface area (Å²) >= 11 is 0. The molecular formula is C22H31N3O2. The number of nitrogens with one attached hydrogen (secondary N) is 1. The van der Waals surface area contributed by atoms with Crippen molar-refractivity contribution in [3.05, 3.63) is 35.4 Å². The minimum absolute atomic E-state index is 0.0656.